The fraction of sp³-hybridized carbons (Fsp3) is 0.588. The number of carbonyl (C=O) groups excluding carboxylic acids is 1. The van der Waals surface area contributed by atoms with Gasteiger partial charge in [0.25, 0.3) is 0 Å². The van der Waals surface area contributed by atoms with Crippen LogP contribution < -0.4 is 5.32 Å². The first-order valence-electron chi connectivity index (χ1n) is 7.51. The second kappa shape index (κ2) is 4.09. The number of anilines is 1. The predicted octanol–water partition coefficient (Wildman–Crippen LogP) is 3.64. The molecule has 2 heteroatoms. The molecule has 4 fully saturated rings. The Kier molecular flexibility index (Phi) is 2.48. The predicted molar refractivity (Wildman–Crippen MR) is 74.5 cm³/mol. The largest absolute Gasteiger partial charge is 0.326 e. The summed E-state index contributed by atoms with van der Waals surface area (Å²) in [6.45, 7) is 0. The molecule has 0 saturated heterocycles. The normalized spacial score (nSPS) is 39.3. The molecule has 0 atom stereocenters. The molecule has 19 heavy (non-hydrogen) atoms. The molecule has 0 unspecified atom stereocenters. The summed E-state index contributed by atoms with van der Waals surface area (Å²) in [6, 6.07) is 10.6. The van der Waals surface area contributed by atoms with Crippen LogP contribution in [0.5, 0.6) is 0 Å². The van der Waals surface area contributed by atoms with Gasteiger partial charge < -0.3 is 5.32 Å². The van der Waals surface area contributed by atoms with Crippen LogP contribution in [0.3, 0.4) is 0 Å². The first kappa shape index (κ1) is 11.5. The highest BCUT2D eigenvalue weighted by molar-refractivity contribution is 5.95. The third-order valence-electron chi connectivity index (χ3n) is 5.48. The van der Waals surface area contributed by atoms with Gasteiger partial charge in [0.1, 0.15) is 0 Å². The van der Waals surface area contributed by atoms with Crippen molar-refractivity contribution < 1.29 is 4.79 Å². The number of rotatable bonds is 2. The molecule has 4 bridgehead atoms. The summed E-state index contributed by atoms with van der Waals surface area (Å²) in [7, 11) is 0. The van der Waals surface area contributed by atoms with Gasteiger partial charge in [0.05, 0.1) is 5.41 Å². The minimum absolute atomic E-state index is 0.0510. The Hall–Kier alpha value is -1.31. The number of nitrogens with one attached hydrogen (secondary N) is 1. The van der Waals surface area contributed by atoms with Gasteiger partial charge >= 0.3 is 0 Å². The van der Waals surface area contributed by atoms with Crippen LogP contribution in [0.25, 0.3) is 0 Å². The van der Waals surface area contributed by atoms with E-state index in [1.165, 1.54) is 19.3 Å². The van der Waals surface area contributed by atoms with Crippen LogP contribution in [0, 0.1) is 29.2 Å². The van der Waals surface area contributed by atoms with E-state index >= 15 is 0 Å². The number of hydrogen-bond donors (Lipinski definition) is 1. The molecule has 1 N–H and O–H groups in total. The van der Waals surface area contributed by atoms with E-state index in [0.717, 1.165) is 42.7 Å². The summed E-state index contributed by atoms with van der Waals surface area (Å²) in [5, 5.41) is 3.13. The van der Waals surface area contributed by atoms with E-state index in [2.05, 4.69) is 11.4 Å². The Labute approximate surface area is 114 Å². The zero-order chi connectivity index (χ0) is 12.9. The maximum absolute atomic E-state index is 12.7. The highest BCUT2D eigenvalue weighted by Crippen LogP contribution is 2.60. The van der Waals surface area contributed by atoms with Crippen LogP contribution >= 0.6 is 0 Å². The average Bonchev–Trinajstić information content (AvgIpc) is 2.38. The Morgan fingerprint density at radius 1 is 1.16 bits per heavy atom. The molecule has 0 heterocycles. The molecular formula is C17H20NO. The highest BCUT2D eigenvalue weighted by Gasteiger charge is 2.54. The lowest BCUT2D eigenvalue weighted by molar-refractivity contribution is -0.140. The van der Waals surface area contributed by atoms with Crippen molar-refractivity contribution in [2.24, 2.45) is 23.2 Å². The van der Waals surface area contributed by atoms with Crippen molar-refractivity contribution in [1.82, 2.24) is 0 Å². The fourth-order valence-electron chi connectivity index (χ4n) is 5.12. The van der Waals surface area contributed by atoms with Crippen molar-refractivity contribution in [2.75, 3.05) is 5.32 Å². The molecule has 1 radical (unpaired) electrons. The third-order valence-corrected chi connectivity index (χ3v) is 5.48. The highest BCUT2D eigenvalue weighted by atomic mass is 16.2. The molecule has 0 aliphatic heterocycles. The molecular weight excluding hydrogens is 234 g/mol. The Bertz CT molecular complexity index is 458. The van der Waals surface area contributed by atoms with Gasteiger partial charge in [-0.25, -0.2) is 0 Å². The topological polar surface area (TPSA) is 29.1 Å². The summed E-state index contributed by atoms with van der Waals surface area (Å²) in [5.74, 6) is 2.73. The first-order valence-corrected chi connectivity index (χ1v) is 7.51. The first-order chi connectivity index (χ1) is 9.23. The van der Waals surface area contributed by atoms with E-state index in [-0.39, 0.29) is 11.3 Å². The maximum Gasteiger partial charge on any atom is 0.230 e. The molecule has 2 nitrogen and oxygen atoms in total. The van der Waals surface area contributed by atoms with Gasteiger partial charge in [-0.2, -0.15) is 0 Å². The minimum Gasteiger partial charge on any atom is -0.326 e. The second-order valence-corrected chi connectivity index (χ2v) is 6.94. The van der Waals surface area contributed by atoms with E-state index < -0.39 is 0 Å². The number of amides is 1. The molecule has 1 aromatic carbocycles. The van der Waals surface area contributed by atoms with Gasteiger partial charge in [-0.05, 0) is 74.5 Å². The zero-order valence-corrected chi connectivity index (χ0v) is 11.2. The van der Waals surface area contributed by atoms with Crippen LogP contribution in [0.15, 0.2) is 24.3 Å². The number of carbonyl (C=O) groups is 1. The maximum atomic E-state index is 12.7. The Morgan fingerprint density at radius 2 is 1.79 bits per heavy atom. The lowest BCUT2D eigenvalue weighted by Gasteiger charge is -2.55. The van der Waals surface area contributed by atoms with Crippen LogP contribution in [-0.4, -0.2) is 5.91 Å². The Morgan fingerprint density at radius 3 is 2.32 bits per heavy atom. The monoisotopic (exact) mass is 254 g/mol. The fourth-order valence-corrected chi connectivity index (χ4v) is 5.12. The SMILES string of the molecule is O=C(Nc1c[c]ccc1)C12CC3CC(CC(C3)C1)C2. The Balaban J connectivity index is 1.56. The third kappa shape index (κ3) is 1.89. The quantitative estimate of drug-likeness (QED) is 0.857. The van der Waals surface area contributed by atoms with Gasteiger partial charge in [0, 0.05) is 5.69 Å². The van der Waals surface area contributed by atoms with Crippen LogP contribution in [0.1, 0.15) is 38.5 Å². The molecule has 4 aliphatic carbocycles. The van der Waals surface area contributed by atoms with Crippen molar-refractivity contribution in [3.05, 3.63) is 30.3 Å². The van der Waals surface area contributed by atoms with Gasteiger partial charge in [0.2, 0.25) is 5.91 Å². The lowest BCUT2D eigenvalue weighted by Crippen LogP contribution is -2.51. The molecule has 0 spiro atoms. The van der Waals surface area contributed by atoms with Crippen LogP contribution in [-0.2, 0) is 4.79 Å². The summed E-state index contributed by atoms with van der Waals surface area (Å²) in [5.41, 5.74) is 0.841. The molecule has 4 aliphatic rings. The second-order valence-electron chi connectivity index (χ2n) is 6.94. The van der Waals surface area contributed by atoms with Crippen molar-refractivity contribution >= 4 is 11.6 Å². The molecule has 0 aromatic heterocycles. The van der Waals surface area contributed by atoms with Gasteiger partial charge in [-0.15, -0.1) is 0 Å². The van der Waals surface area contributed by atoms with Crippen molar-refractivity contribution in [3.8, 4) is 0 Å². The minimum atomic E-state index is -0.0510. The van der Waals surface area contributed by atoms with E-state index in [4.69, 9.17) is 0 Å². The summed E-state index contributed by atoms with van der Waals surface area (Å²) in [4.78, 5) is 12.7. The van der Waals surface area contributed by atoms with E-state index in [9.17, 15) is 4.79 Å². The zero-order valence-electron chi connectivity index (χ0n) is 11.2. The standard InChI is InChI=1S/C17H20NO/c19-16(18-15-4-2-1-3-5-15)17-9-12-6-13(10-17)8-14(7-12)11-17/h1-2,4-5,12-14H,6-11H2,(H,18,19). The summed E-state index contributed by atoms with van der Waals surface area (Å²) >= 11 is 0. The van der Waals surface area contributed by atoms with E-state index in [1.807, 2.05) is 24.3 Å². The van der Waals surface area contributed by atoms with Crippen LogP contribution in [0.2, 0.25) is 0 Å². The number of benzene rings is 1. The van der Waals surface area contributed by atoms with Crippen LogP contribution in [0.4, 0.5) is 5.69 Å². The number of hydrogen-bond acceptors (Lipinski definition) is 1. The molecule has 4 saturated carbocycles. The molecule has 1 amide bonds. The van der Waals surface area contributed by atoms with Crippen molar-refractivity contribution in [1.29, 1.82) is 0 Å². The summed E-state index contributed by atoms with van der Waals surface area (Å²) < 4.78 is 0. The molecule has 5 rings (SSSR count). The smallest absolute Gasteiger partial charge is 0.230 e. The lowest BCUT2D eigenvalue weighted by atomic mass is 9.49. The van der Waals surface area contributed by atoms with Crippen molar-refractivity contribution in [3.63, 3.8) is 0 Å². The summed E-state index contributed by atoms with van der Waals surface area (Å²) in [6.07, 6.45) is 7.52. The van der Waals surface area contributed by atoms with Gasteiger partial charge in [-0.1, -0.05) is 12.1 Å². The van der Waals surface area contributed by atoms with E-state index in [0.29, 0.717) is 0 Å². The molecule has 99 valence electrons. The van der Waals surface area contributed by atoms with E-state index in [1.54, 1.807) is 0 Å². The van der Waals surface area contributed by atoms with Gasteiger partial charge in [0.15, 0.2) is 0 Å². The average molecular weight is 254 g/mol. The van der Waals surface area contributed by atoms with Gasteiger partial charge in [-0.3, -0.25) is 4.79 Å². The molecule has 1 aromatic rings. The van der Waals surface area contributed by atoms with Crippen molar-refractivity contribution in [2.45, 2.75) is 38.5 Å².